The first-order valence-electron chi connectivity index (χ1n) is 15.1. The molecule has 4 aromatic rings. The molecule has 4 aromatic carbocycles. The highest BCUT2D eigenvalue weighted by molar-refractivity contribution is 7.86. The van der Waals surface area contributed by atoms with Crippen LogP contribution in [0.25, 0.3) is 33.4 Å². The van der Waals surface area contributed by atoms with Crippen LogP contribution in [0.2, 0.25) is 0 Å². The summed E-state index contributed by atoms with van der Waals surface area (Å²) < 4.78 is 70.1. The zero-order valence-corrected chi connectivity index (χ0v) is 27.4. The zero-order chi connectivity index (χ0) is 34.8. The van der Waals surface area contributed by atoms with Crippen molar-refractivity contribution in [2.24, 2.45) is 4.99 Å². The Balaban J connectivity index is 1.32. The molecule has 0 fully saturated rings. The first-order chi connectivity index (χ1) is 23.4. The van der Waals surface area contributed by atoms with Crippen molar-refractivity contribution in [3.8, 4) is 22.5 Å². The first kappa shape index (κ1) is 33.6. The molecule has 0 unspecified atom stereocenters. The fourth-order valence-electron chi connectivity index (χ4n) is 5.59. The number of nitrogens with zero attached hydrogens (tertiary/aromatic N) is 1. The van der Waals surface area contributed by atoms with Gasteiger partial charge in [-0.25, -0.2) is 4.79 Å². The molecule has 2 aliphatic rings. The van der Waals surface area contributed by atoms with Crippen LogP contribution in [0.1, 0.15) is 21.5 Å². The Morgan fingerprint density at radius 1 is 0.714 bits per heavy atom. The summed E-state index contributed by atoms with van der Waals surface area (Å²) in [6, 6.07) is 29.8. The van der Waals surface area contributed by atoms with E-state index in [-0.39, 0.29) is 15.4 Å². The summed E-state index contributed by atoms with van der Waals surface area (Å²) in [7, 11) is -8.53. The molecule has 0 atom stereocenters. The number of carbonyl (C=O) groups is 1. The Hall–Kier alpha value is -5.34. The van der Waals surface area contributed by atoms with Crippen LogP contribution in [0.3, 0.4) is 0 Å². The van der Waals surface area contributed by atoms with Crippen molar-refractivity contribution in [3.63, 3.8) is 0 Å². The van der Waals surface area contributed by atoms with E-state index in [1.807, 2.05) is 30.3 Å². The average Bonchev–Trinajstić information content (AvgIpc) is 3.07. The molecule has 13 heteroatoms. The predicted octanol–water partition coefficient (Wildman–Crippen LogP) is 6.19. The van der Waals surface area contributed by atoms with Gasteiger partial charge in [-0.15, -0.1) is 0 Å². The largest absolute Gasteiger partial charge is 0.478 e. The Kier molecular flexibility index (Phi) is 9.35. The van der Waals surface area contributed by atoms with Crippen LogP contribution < -0.4 is 10.7 Å². The predicted molar refractivity (Wildman–Crippen MR) is 184 cm³/mol. The SMILES string of the molecule is O=C(O)c1ccccc1-c1c2cc/c(=N/CCc3ccc(S(=O)(=O)O)cc3)cc-2oc2cc(NCCc3ccc(S(=O)(=O)O)cc3)ccc12. The van der Waals surface area contributed by atoms with E-state index in [0.29, 0.717) is 64.7 Å². The molecule has 6 rings (SSSR count). The summed E-state index contributed by atoms with van der Waals surface area (Å²) in [6.07, 6.45) is 1.10. The van der Waals surface area contributed by atoms with Gasteiger partial charge in [0, 0.05) is 47.4 Å². The molecule has 49 heavy (non-hydrogen) atoms. The number of rotatable bonds is 11. The molecule has 1 heterocycles. The lowest BCUT2D eigenvalue weighted by Crippen LogP contribution is -2.07. The second kappa shape index (κ2) is 13.6. The van der Waals surface area contributed by atoms with E-state index in [2.05, 4.69) is 10.3 Å². The number of hydrogen-bond donors (Lipinski definition) is 4. The van der Waals surface area contributed by atoms with Gasteiger partial charge in [-0.3, -0.25) is 14.1 Å². The Labute approximate surface area is 282 Å². The van der Waals surface area contributed by atoms with Crippen LogP contribution in [-0.4, -0.2) is 50.1 Å². The van der Waals surface area contributed by atoms with Gasteiger partial charge in [0.15, 0.2) is 0 Å². The van der Waals surface area contributed by atoms with E-state index < -0.39 is 26.2 Å². The molecular weight excluding hydrogens is 669 g/mol. The standard InChI is InChI=1S/C36H30N2O9S2/c39-36(40)30-4-2-1-3-29(30)35-31-15-9-25(37-19-17-23-5-11-27(12-6-23)48(41,42)43)21-33(31)47-34-22-26(10-16-32(34)35)38-20-18-24-7-13-28(14-8-24)49(44,45)46/h1-16,21-22,37H,17-20H2,(H,39,40)(H,41,42,43)(H,44,45,46)/b38-26-. The minimum absolute atomic E-state index is 0.146. The third-order valence-corrected chi connectivity index (χ3v) is 9.75. The minimum atomic E-state index is -4.27. The molecule has 0 radical (unpaired) electrons. The average molecular weight is 699 g/mol. The molecule has 11 nitrogen and oxygen atoms in total. The third kappa shape index (κ3) is 7.71. The van der Waals surface area contributed by atoms with E-state index in [9.17, 15) is 35.8 Å². The highest BCUT2D eigenvalue weighted by Gasteiger charge is 2.21. The van der Waals surface area contributed by atoms with Crippen molar-refractivity contribution in [1.82, 2.24) is 0 Å². The van der Waals surface area contributed by atoms with Crippen molar-refractivity contribution in [2.45, 2.75) is 22.6 Å². The van der Waals surface area contributed by atoms with Crippen molar-refractivity contribution in [2.75, 3.05) is 18.4 Å². The number of anilines is 1. The van der Waals surface area contributed by atoms with Crippen LogP contribution in [0.5, 0.6) is 0 Å². The molecule has 4 N–H and O–H groups in total. The molecule has 0 spiro atoms. The van der Waals surface area contributed by atoms with Crippen LogP contribution in [0.15, 0.2) is 128 Å². The van der Waals surface area contributed by atoms with E-state index in [1.165, 1.54) is 24.3 Å². The summed E-state index contributed by atoms with van der Waals surface area (Å²) in [4.78, 5) is 16.6. The summed E-state index contributed by atoms with van der Waals surface area (Å²) >= 11 is 0. The highest BCUT2D eigenvalue weighted by atomic mass is 32.2. The van der Waals surface area contributed by atoms with Crippen LogP contribution in [-0.2, 0) is 33.1 Å². The smallest absolute Gasteiger partial charge is 0.336 e. The topological polar surface area (TPSA) is 184 Å². The van der Waals surface area contributed by atoms with Gasteiger partial charge < -0.3 is 14.8 Å². The number of hydrogen-bond acceptors (Lipinski definition) is 8. The molecule has 0 saturated heterocycles. The number of aromatic carboxylic acids is 1. The van der Waals surface area contributed by atoms with Gasteiger partial charge in [0.25, 0.3) is 20.2 Å². The van der Waals surface area contributed by atoms with Crippen LogP contribution >= 0.6 is 0 Å². The molecule has 250 valence electrons. The Bertz CT molecular complexity index is 2440. The summed E-state index contributed by atoms with van der Waals surface area (Å²) in [5, 5.41) is 14.7. The van der Waals surface area contributed by atoms with Gasteiger partial charge in [-0.1, -0.05) is 42.5 Å². The van der Waals surface area contributed by atoms with E-state index >= 15 is 0 Å². The lowest BCUT2D eigenvalue weighted by Gasteiger charge is -2.17. The van der Waals surface area contributed by atoms with Gasteiger partial charge in [0.1, 0.15) is 11.3 Å². The normalized spacial score (nSPS) is 12.4. The number of nitrogens with one attached hydrogen (secondary N) is 1. The molecule has 0 amide bonds. The van der Waals surface area contributed by atoms with E-state index in [1.54, 1.807) is 54.6 Å². The lowest BCUT2D eigenvalue weighted by atomic mass is 9.90. The summed E-state index contributed by atoms with van der Waals surface area (Å²) in [5.74, 6) is -0.561. The van der Waals surface area contributed by atoms with Gasteiger partial charge >= 0.3 is 5.97 Å². The van der Waals surface area contributed by atoms with Crippen molar-refractivity contribution >= 4 is 42.9 Å². The van der Waals surface area contributed by atoms with Gasteiger partial charge in [-0.05, 0) is 84.1 Å². The van der Waals surface area contributed by atoms with Crippen molar-refractivity contribution < 1.29 is 40.3 Å². The maximum Gasteiger partial charge on any atom is 0.336 e. The number of carboxylic acid groups (broad SMARTS) is 1. The van der Waals surface area contributed by atoms with E-state index in [0.717, 1.165) is 16.8 Å². The summed E-state index contributed by atoms with van der Waals surface area (Å²) in [5.41, 5.74) is 5.07. The van der Waals surface area contributed by atoms with E-state index in [4.69, 9.17) is 4.42 Å². The fourth-order valence-corrected chi connectivity index (χ4v) is 6.55. The monoisotopic (exact) mass is 698 g/mol. The second-order valence-corrected chi connectivity index (χ2v) is 14.1. The third-order valence-electron chi connectivity index (χ3n) is 8.01. The maximum absolute atomic E-state index is 12.2. The van der Waals surface area contributed by atoms with Gasteiger partial charge in [0.2, 0.25) is 0 Å². The quantitative estimate of drug-likeness (QED) is 0.0898. The molecule has 1 aliphatic heterocycles. The highest BCUT2D eigenvalue weighted by Crippen LogP contribution is 2.41. The molecule has 0 bridgehead atoms. The first-order valence-corrected chi connectivity index (χ1v) is 18.0. The van der Waals surface area contributed by atoms with Crippen LogP contribution in [0, 0.1) is 0 Å². The molecule has 0 aromatic heterocycles. The Morgan fingerprint density at radius 2 is 1.35 bits per heavy atom. The molecule has 0 saturated carbocycles. The Morgan fingerprint density at radius 3 is 1.98 bits per heavy atom. The molecular formula is C36H30N2O9S2. The second-order valence-electron chi connectivity index (χ2n) is 11.3. The minimum Gasteiger partial charge on any atom is -0.478 e. The lowest BCUT2D eigenvalue weighted by molar-refractivity contribution is 0.0697. The van der Waals surface area contributed by atoms with Crippen molar-refractivity contribution in [3.05, 3.63) is 131 Å². The van der Waals surface area contributed by atoms with Crippen LogP contribution in [0.4, 0.5) is 5.69 Å². The van der Waals surface area contributed by atoms with Gasteiger partial charge in [-0.2, -0.15) is 16.8 Å². The molecule has 1 aliphatic carbocycles. The number of benzene rings is 5. The summed E-state index contributed by atoms with van der Waals surface area (Å²) in [6.45, 7) is 0.909. The van der Waals surface area contributed by atoms with Crippen molar-refractivity contribution in [1.29, 1.82) is 0 Å². The maximum atomic E-state index is 12.2. The number of fused-ring (bicyclic) bond motifs is 2. The van der Waals surface area contributed by atoms with Gasteiger partial charge in [0.05, 0.1) is 20.7 Å². The zero-order valence-electron chi connectivity index (χ0n) is 25.8. The number of carboxylic acids is 1. The fraction of sp³-hybridized carbons (Fsp3) is 0.111.